The smallest absolute Gasteiger partial charge is 0.122 e. The summed E-state index contributed by atoms with van der Waals surface area (Å²) in [5.41, 5.74) is 2.87. The van der Waals surface area contributed by atoms with Crippen molar-refractivity contribution in [3.8, 4) is 5.75 Å². The van der Waals surface area contributed by atoms with Crippen LogP contribution < -0.4 is 4.74 Å². The number of hydrogen-bond donors (Lipinski definition) is 1. The highest BCUT2D eigenvalue weighted by Gasteiger charge is 2.05. The molecule has 0 aliphatic rings. The van der Waals surface area contributed by atoms with E-state index in [2.05, 4.69) is 19.9 Å². The molecule has 0 unspecified atom stereocenters. The van der Waals surface area contributed by atoms with Gasteiger partial charge in [-0.1, -0.05) is 32.4 Å². The van der Waals surface area contributed by atoms with Crippen molar-refractivity contribution in [2.24, 2.45) is 0 Å². The lowest BCUT2D eigenvalue weighted by atomic mass is 10.0. The van der Waals surface area contributed by atoms with Crippen LogP contribution in [0.5, 0.6) is 5.75 Å². The molecule has 2 nitrogen and oxygen atoms in total. The van der Waals surface area contributed by atoms with Crippen molar-refractivity contribution in [2.45, 2.75) is 33.1 Å². The van der Waals surface area contributed by atoms with Crippen molar-refractivity contribution < 1.29 is 4.74 Å². The van der Waals surface area contributed by atoms with E-state index in [1.54, 1.807) is 7.11 Å². The molecule has 0 aromatic heterocycles. The molecular formula is C13H19NO. The van der Waals surface area contributed by atoms with Gasteiger partial charge >= 0.3 is 0 Å². The van der Waals surface area contributed by atoms with E-state index in [9.17, 15) is 0 Å². The van der Waals surface area contributed by atoms with Crippen molar-refractivity contribution in [2.75, 3.05) is 7.11 Å². The van der Waals surface area contributed by atoms with E-state index >= 15 is 0 Å². The SMILES string of the molecule is CCCC(=N)c1ccc(CC)c(OC)c1. The lowest BCUT2D eigenvalue weighted by Crippen LogP contribution is -2.00. The van der Waals surface area contributed by atoms with Crippen molar-refractivity contribution >= 4 is 5.71 Å². The summed E-state index contributed by atoms with van der Waals surface area (Å²) in [6.07, 6.45) is 2.80. The third-order valence-corrected chi connectivity index (χ3v) is 2.52. The molecule has 1 aromatic rings. The molecule has 0 amide bonds. The molecule has 15 heavy (non-hydrogen) atoms. The summed E-state index contributed by atoms with van der Waals surface area (Å²) in [7, 11) is 1.68. The Morgan fingerprint density at radius 3 is 2.60 bits per heavy atom. The molecule has 0 saturated carbocycles. The van der Waals surface area contributed by atoms with Crippen LogP contribution in [0.2, 0.25) is 0 Å². The molecule has 82 valence electrons. The summed E-state index contributed by atoms with van der Waals surface area (Å²) in [5, 5.41) is 7.87. The monoisotopic (exact) mass is 205 g/mol. The first-order valence-corrected chi connectivity index (χ1v) is 5.47. The summed E-state index contributed by atoms with van der Waals surface area (Å²) < 4.78 is 5.31. The third-order valence-electron chi connectivity index (χ3n) is 2.52. The summed E-state index contributed by atoms with van der Waals surface area (Å²) in [4.78, 5) is 0. The average Bonchev–Trinajstić information content (AvgIpc) is 2.28. The van der Waals surface area contributed by atoms with E-state index in [4.69, 9.17) is 10.1 Å². The van der Waals surface area contributed by atoms with Crippen LogP contribution in [0.1, 0.15) is 37.8 Å². The molecule has 0 fully saturated rings. The molecule has 0 atom stereocenters. The average molecular weight is 205 g/mol. The van der Waals surface area contributed by atoms with Crippen LogP contribution in [0.25, 0.3) is 0 Å². The van der Waals surface area contributed by atoms with Crippen LogP contribution in [0.3, 0.4) is 0 Å². The zero-order valence-corrected chi connectivity index (χ0v) is 9.76. The van der Waals surface area contributed by atoms with Gasteiger partial charge in [-0.3, -0.25) is 0 Å². The van der Waals surface area contributed by atoms with Crippen molar-refractivity contribution in [3.63, 3.8) is 0 Å². The number of nitrogens with one attached hydrogen (secondary N) is 1. The fourth-order valence-electron chi connectivity index (χ4n) is 1.62. The Balaban J connectivity index is 2.97. The topological polar surface area (TPSA) is 33.1 Å². The van der Waals surface area contributed by atoms with Gasteiger partial charge in [-0.15, -0.1) is 0 Å². The normalized spacial score (nSPS) is 10.1. The van der Waals surface area contributed by atoms with E-state index < -0.39 is 0 Å². The van der Waals surface area contributed by atoms with Gasteiger partial charge < -0.3 is 10.1 Å². The molecule has 1 aromatic carbocycles. The number of hydrogen-bond acceptors (Lipinski definition) is 2. The van der Waals surface area contributed by atoms with Gasteiger partial charge in [0.1, 0.15) is 5.75 Å². The molecule has 2 heteroatoms. The zero-order valence-electron chi connectivity index (χ0n) is 9.76. The van der Waals surface area contributed by atoms with Crippen molar-refractivity contribution in [3.05, 3.63) is 29.3 Å². The standard InChI is InChI=1S/C13H19NO/c1-4-6-12(14)11-8-7-10(5-2)13(9-11)15-3/h7-9,14H,4-6H2,1-3H3. The van der Waals surface area contributed by atoms with Gasteiger partial charge in [-0.2, -0.15) is 0 Å². The maximum Gasteiger partial charge on any atom is 0.122 e. The summed E-state index contributed by atoms with van der Waals surface area (Å²) in [6.45, 7) is 4.20. The number of ether oxygens (including phenoxy) is 1. The lowest BCUT2D eigenvalue weighted by Gasteiger charge is -2.09. The van der Waals surface area contributed by atoms with Gasteiger partial charge in [0.2, 0.25) is 0 Å². The number of benzene rings is 1. The second-order valence-corrected chi connectivity index (χ2v) is 3.61. The van der Waals surface area contributed by atoms with Gasteiger partial charge in [0.05, 0.1) is 7.11 Å². The first-order valence-electron chi connectivity index (χ1n) is 5.47. The molecule has 0 bridgehead atoms. The Bertz CT molecular complexity index is 344. The maximum atomic E-state index is 7.87. The van der Waals surface area contributed by atoms with E-state index in [1.165, 1.54) is 5.56 Å². The highest BCUT2D eigenvalue weighted by molar-refractivity contribution is 5.98. The summed E-state index contributed by atoms with van der Waals surface area (Å²) in [5.74, 6) is 0.899. The minimum atomic E-state index is 0.693. The summed E-state index contributed by atoms with van der Waals surface area (Å²) in [6, 6.07) is 6.04. The van der Waals surface area contributed by atoms with Crippen LogP contribution in [-0.2, 0) is 6.42 Å². The van der Waals surface area contributed by atoms with Gasteiger partial charge in [-0.25, -0.2) is 0 Å². The second kappa shape index (κ2) is 5.54. The van der Waals surface area contributed by atoms with E-state index in [0.717, 1.165) is 30.6 Å². The molecule has 0 radical (unpaired) electrons. The van der Waals surface area contributed by atoms with Crippen molar-refractivity contribution in [1.29, 1.82) is 5.41 Å². The third kappa shape index (κ3) is 2.82. The Morgan fingerprint density at radius 2 is 2.07 bits per heavy atom. The Morgan fingerprint density at radius 1 is 1.33 bits per heavy atom. The van der Waals surface area contributed by atoms with Crippen LogP contribution in [0.15, 0.2) is 18.2 Å². The number of rotatable bonds is 5. The lowest BCUT2D eigenvalue weighted by molar-refractivity contribution is 0.410. The second-order valence-electron chi connectivity index (χ2n) is 3.61. The van der Waals surface area contributed by atoms with Crippen LogP contribution in [0.4, 0.5) is 0 Å². The van der Waals surface area contributed by atoms with E-state index in [1.807, 2.05) is 12.1 Å². The van der Waals surface area contributed by atoms with Gasteiger partial charge in [0.25, 0.3) is 0 Å². The predicted molar refractivity (Wildman–Crippen MR) is 64.1 cm³/mol. The predicted octanol–water partition coefficient (Wildman–Crippen LogP) is 3.43. The van der Waals surface area contributed by atoms with Crippen molar-refractivity contribution in [1.82, 2.24) is 0 Å². The first kappa shape index (κ1) is 11.8. The zero-order chi connectivity index (χ0) is 11.3. The van der Waals surface area contributed by atoms with Gasteiger partial charge in [0, 0.05) is 5.71 Å². The highest BCUT2D eigenvalue weighted by atomic mass is 16.5. The fraction of sp³-hybridized carbons (Fsp3) is 0.462. The first-order chi connectivity index (χ1) is 7.22. The summed E-state index contributed by atoms with van der Waals surface area (Å²) >= 11 is 0. The Hall–Kier alpha value is -1.31. The minimum absolute atomic E-state index is 0.693. The number of aryl methyl sites for hydroxylation is 1. The molecular weight excluding hydrogens is 186 g/mol. The molecule has 0 spiro atoms. The molecule has 1 N–H and O–H groups in total. The Kier molecular flexibility index (Phi) is 4.35. The van der Waals surface area contributed by atoms with Gasteiger partial charge in [0.15, 0.2) is 0 Å². The van der Waals surface area contributed by atoms with Crippen LogP contribution in [0, 0.1) is 5.41 Å². The molecule has 0 heterocycles. The Labute approximate surface area is 91.8 Å². The maximum absolute atomic E-state index is 7.87. The quantitative estimate of drug-likeness (QED) is 0.734. The molecule has 1 rings (SSSR count). The van der Waals surface area contributed by atoms with Crippen LogP contribution in [-0.4, -0.2) is 12.8 Å². The van der Waals surface area contributed by atoms with E-state index in [-0.39, 0.29) is 0 Å². The molecule has 0 saturated heterocycles. The highest BCUT2D eigenvalue weighted by Crippen LogP contribution is 2.21. The van der Waals surface area contributed by atoms with Crippen LogP contribution >= 0.6 is 0 Å². The molecule has 0 aliphatic heterocycles. The molecule has 0 aliphatic carbocycles. The largest absolute Gasteiger partial charge is 0.496 e. The van der Waals surface area contributed by atoms with Gasteiger partial charge in [-0.05, 0) is 30.0 Å². The minimum Gasteiger partial charge on any atom is -0.496 e. The van der Waals surface area contributed by atoms with E-state index in [0.29, 0.717) is 5.71 Å². The number of methoxy groups -OCH3 is 1. The fourth-order valence-corrected chi connectivity index (χ4v) is 1.62.